The van der Waals surface area contributed by atoms with Gasteiger partial charge in [-0.15, -0.1) is 0 Å². The van der Waals surface area contributed by atoms with E-state index in [4.69, 9.17) is 4.74 Å². The van der Waals surface area contributed by atoms with Crippen LogP contribution in [0.2, 0.25) is 0 Å². The third-order valence-corrected chi connectivity index (χ3v) is 3.99. The molecule has 3 rings (SSSR count). The molecule has 2 fully saturated rings. The van der Waals surface area contributed by atoms with Crippen LogP contribution in [0.1, 0.15) is 44.1 Å². The van der Waals surface area contributed by atoms with Gasteiger partial charge in [-0.2, -0.15) is 0 Å². The van der Waals surface area contributed by atoms with Crippen molar-refractivity contribution < 1.29 is 9.13 Å². The Labute approximate surface area is 102 Å². The van der Waals surface area contributed by atoms with Crippen molar-refractivity contribution in [3.8, 4) is 5.75 Å². The minimum absolute atomic E-state index is 0.138. The molecule has 2 aliphatic rings. The molecule has 17 heavy (non-hydrogen) atoms. The van der Waals surface area contributed by atoms with Crippen LogP contribution in [0.15, 0.2) is 18.2 Å². The quantitative estimate of drug-likeness (QED) is 0.744. The highest BCUT2D eigenvalue weighted by atomic mass is 19.1. The fourth-order valence-electron chi connectivity index (χ4n) is 2.51. The summed E-state index contributed by atoms with van der Waals surface area (Å²) in [5.41, 5.74) is 1.09. The maximum Gasteiger partial charge on any atom is 0.123 e. The largest absolute Gasteiger partial charge is 0.493 e. The van der Waals surface area contributed by atoms with Gasteiger partial charge in [0.05, 0.1) is 6.61 Å². The summed E-state index contributed by atoms with van der Waals surface area (Å²) in [4.78, 5) is 0. The number of rotatable bonds is 5. The van der Waals surface area contributed by atoms with E-state index >= 15 is 0 Å². The minimum atomic E-state index is -0.138. The monoisotopic (exact) mass is 234 g/mol. The van der Waals surface area contributed by atoms with Crippen LogP contribution >= 0.6 is 0 Å². The van der Waals surface area contributed by atoms with Crippen molar-refractivity contribution in [2.45, 2.75) is 38.5 Å². The summed E-state index contributed by atoms with van der Waals surface area (Å²) >= 11 is 0. The molecule has 0 saturated heterocycles. The number of hydrogen-bond acceptors (Lipinski definition) is 1. The van der Waals surface area contributed by atoms with Gasteiger partial charge < -0.3 is 4.74 Å². The second kappa shape index (κ2) is 4.32. The van der Waals surface area contributed by atoms with Gasteiger partial charge in [-0.3, -0.25) is 0 Å². The van der Waals surface area contributed by atoms with Crippen LogP contribution in [0.5, 0.6) is 5.75 Å². The fraction of sp³-hybridized carbons (Fsp3) is 0.600. The first-order valence-corrected chi connectivity index (χ1v) is 6.70. The van der Waals surface area contributed by atoms with Crippen molar-refractivity contribution in [3.05, 3.63) is 29.6 Å². The minimum Gasteiger partial charge on any atom is -0.493 e. The highest BCUT2D eigenvalue weighted by Gasteiger charge is 2.38. The average molecular weight is 234 g/mol. The van der Waals surface area contributed by atoms with E-state index < -0.39 is 0 Å². The van der Waals surface area contributed by atoms with E-state index in [-0.39, 0.29) is 5.82 Å². The Bertz CT molecular complexity index is 411. The Morgan fingerprint density at radius 1 is 1.35 bits per heavy atom. The summed E-state index contributed by atoms with van der Waals surface area (Å²) < 4.78 is 19.2. The first-order valence-electron chi connectivity index (χ1n) is 6.70. The second-order valence-electron chi connectivity index (χ2n) is 5.45. The molecule has 1 aromatic rings. The zero-order valence-corrected chi connectivity index (χ0v) is 10.3. The van der Waals surface area contributed by atoms with Crippen LogP contribution in [0, 0.1) is 17.7 Å². The molecule has 2 saturated carbocycles. The van der Waals surface area contributed by atoms with Gasteiger partial charge in [0.1, 0.15) is 11.6 Å². The molecule has 0 bridgehead atoms. The predicted molar refractivity (Wildman–Crippen MR) is 65.8 cm³/mol. The lowest BCUT2D eigenvalue weighted by molar-refractivity contribution is 0.296. The molecule has 0 unspecified atom stereocenters. The Kier molecular flexibility index (Phi) is 2.81. The molecule has 2 heteroatoms. The highest BCUT2D eigenvalue weighted by molar-refractivity contribution is 5.40. The van der Waals surface area contributed by atoms with Crippen LogP contribution in [-0.2, 0) is 0 Å². The summed E-state index contributed by atoms with van der Waals surface area (Å²) in [7, 11) is 0. The fourth-order valence-corrected chi connectivity index (χ4v) is 2.51. The third kappa shape index (κ3) is 2.46. The van der Waals surface area contributed by atoms with E-state index in [2.05, 4.69) is 6.92 Å². The standard InChI is InChI=1S/C15H19FO/c1-2-11-7-13(11)14-8-12(16)5-6-15(14)17-9-10-3-4-10/h5-6,8,10-11,13H,2-4,7,9H2,1H3/t11-,13-/m0/s1. The van der Waals surface area contributed by atoms with Gasteiger partial charge >= 0.3 is 0 Å². The Morgan fingerprint density at radius 2 is 2.18 bits per heavy atom. The van der Waals surface area contributed by atoms with Crippen molar-refractivity contribution in [3.63, 3.8) is 0 Å². The van der Waals surface area contributed by atoms with Gasteiger partial charge in [-0.25, -0.2) is 4.39 Å². The maximum atomic E-state index is 13.3. The number of hydrogen-bond donors (Lipinski definition) is 0. The Hall–Kier alpha value is -1.05. The Morgan fingerprint density at radius 3 is 2.82 bits per heavy atom. The summed E-state index contributed by atoms with van der Waals surface area (Å²) in [5, 5.41) is 0. The number of halogens is 1. The summed E-state index contributed by atoms with van der Waals surface area (Å²) in [6.07, 6.45) is 4.96. The first kappa shape index (κ1) is 11.1. The van der Waals surface area contributed by atoms with Gasteiger partial charge in [-0.1, -0.05) is 13.3 Å². The van der Waals surface area contributed by atoms with Crippen molar-refractivity contribution in [1.82, 2.24) is 0 Å². The smallest absolute Gasteiger partial charge is 0.123 e. The van der Waals surface area contributed by atoms with E-state index in [1.807, 2.05) is 0 Å². The van der Waals surface area contributed by atoms with Crippen LogP contribution in [-0.4, -0.2) is 6.61 Å². The molecule has 0 N–H and O–H groups in total. The van der Waals surface area contributed by atoms with Gasteiger partial charge in [0.2, 0.25) is 0 Å². The molecule has 0 spiro atoms. The van der Waals surface area contributed by atoms with Crippen molar-refractivity contribution in [2.75, 3.05) is 6.61 Å². The third-order valence-electron chi connectivity index (χ3n) is 3.99. The van der Waals surface area contributed by atoms with Crippen LogP contribution < -0.4 is 4.74 Å². The lowest BCUT2D eigenvalue weighted by atomic mass is 10.1. The molecule has 1 aromatic carbocycles. The molecule has 2 aliphatic carbocycles. The van der Waals surface area contributed by atoms with Crippen LogP contribution in [0.3, 0.4) is 0 Å². The zero-order chi connectivity index (χ0) is 11.8. The van der Waals surface area contributed by atoms with Crippen LogP contribution in [0.25, 0.3) is 0 Å². The molecule has 2 atom stereocenters. The van der Waals surface area contributed by atoms with E-state index in [1.165, 1.54) is 31.7 Å². The normalized spacial score (nSPS) is 26.9. The molecular formula is C15H19FO. The average Bonchev–Trinajstić information content (AvgIpc) is 3.21. The molecule has 0 aliphatic heterocycles. The summed E-state index contributed by atoms with van der Waals surface area (Å²) in [5.74, 6) is 2.79. The second-order valence-corrected chi connectivity index (χ2v) is 5.45. The van der Waals surface area contributed by atoms with Crippen LogP contribution in [0.4, 0.5) is 4.39 Å². The van der Waals surface area contributed by atoms with Gasteiger partial charge in [0, 0.05) is 5.56 Å². The van der Waals surface area contributed by atoms with Crippen molar-refractivity contribution >= 4 is 0 Å². The van der Waals surface area contributed by atoms with Gasteiger partial charge in [0.15, 0.2) is 0 Å². The van der Waals surface area contributed by atoms with E-state index in [0.29, 0.717) is 5.92 Å². The number of benzene rings is 1. The molecule has 1 nitrogen and oxygen atoms in total. The maximum absolute atomic E-state index is 13.3. The van der Waals surface area contributed by atoms with Gasteiger partial charge in [-0.05, 0) is 55.2 Å². The summed E-state index contributed by atoms with van der Waals surface area (Å²) in [6.45, 7) is 3.01. The van der Waals surface area contributed by atoms with E-state index in [1.54, 1.807) is 12.1 Å². The highest BCUT2D eigenvalue weighted by Crippen LogP contribution is 2.52. The molecule has 0 aromatic heterocycles. The molecule has 0 radical (unpaired) electrons. The first-order chi connectivity index (χ1) is 8.28. The predicted octanol–water partition coefficient (Wildman–Crippen LogP) is 4.13. The summed E-state index contributed by atoms with van der Waals surface area (Å²) in [6, 6.07) is 4.98. The van der Waals surface area contributed by atoms with Crippen molar-refractivity contribution in [1.29, 1.82) is 0 Å². The molecular weight excluding hydrogens is 215 g/mol. The van der Waals surface area contributed by atoms with Gasteiger partial charge in [0.25, 0.3) is 0 Å². The Balaban J connectivity index is 1.75. The van der Waals surface area contributed by atoms with E-state index in [9.17, 15) is 4.39 Å². The lowest BCUT2D eigenvalue weighted by Crippen LogP contribution is -2.02. The molecule has 0 amide bonds. The topological polar surface area (TPSA) is 9.23 Å². The van der Waals surface area contributed by atoms with E-state index in [0.717, 1.165) is 29.8 Å². The molecule has 92 valence electrons. The van der Waals surface area contributed by atoms with Crippen molar-refractivity contribution in [2.24, 2.45) is 11.8 Å². The lowest BCUT2D eigenvalue weighted by Gasteiger charge is -2.11. The zero-order valence-electron chi connectivity index (χ0n) is 10.3. The number of ether oxygens (including phenoxy) is 1. The SMILES string of the molecule is CC[C@H]1C[C@@H]1c1cc(F)ccc1OCC1CC1. The molecule has 0 heterocycles.